The van der Waals surface area contributed by atoms with Gasteiger partial charge in [0.15, 0.2) is 12.6 Å². The van der Waals surface area contributed by atoms with Crippen molar-refractivity contribution in [3.63, 3.8) is 0 Å². The summed E-state index contributed by atoms with van der Waals surface area (Å²) >= 11 is 0. The lowest BCUT2D eigenvalue weighted by atomic mass is 9.84. The molecule has 4 rings (SSSR count). The molecule has 0 aromatic heterocycles. The van der Waals surface area contributed by atoms with Crippen molar-refractivity contribution in [2.75, 3.05) is 13.2 Å². The second-order valence-electron chi connectivity index (χ2n) is 11.8. The van der Waals surface area contributed by atoms with Gasteiger partial charge < -0.3 is 78.5 Å². The quantitative estimate of drug-likeness (QED) is 0.125. The Balaban J connectivity index is 1.42. The number of hydrogen-bond donors (Lipinski definition) is 11. The molecule has 1 amide bonds. The molecule has 238 valence electrons. The monoisotopic (exact) mass is 592 g/mol. The Kier molecular flexibility index (Phi) is 11.3. The van der Waals surface area contributed by atoms with Crippen molar-refractivity contribution in [1.82, 2.24) is 5.32 Å². The van der Waals surface area contributed by atoms with Gasteiger partial charge in [0.05, 0.1) is 36.9 Å². The lowest BCUT2D eigenvalue weighted by Gasteiger charge is -2.49. The van der Waals surface area contributed by atoms with Crippen molar-refractivity contribution >= 4 is 5.91 Å². The second-order valence-corrected chi connectivity index (χ2v) is 11.8. The SMILES string of the molecule is NC[C@H]1O[C@H](O[C@H]2[C@H](O)[C@@H](O[C@H]3O[C@H](CO)[C@@H](O)[C@H](N)[C@H]3O)[C@H](N)C[C@@H]2N)[C@H](N)[C@@H](O)[C@@H]1NC(=O)C1CCCCC1. The van der Waals surface area contributed by atoms with Gasteiger partial charge in [0.2, 0.25) is 5.91 Å². The lowest BCUT2D eigenvalue weighted by molar-refractivity contribution is -0.315. The summed E-state index contributed by atoms with van der Waals surface area (Å²) in [6.45, 7) is -0.634. The fourth-order valence-electron chi connectivity index (χ4n) is 6.29. The van der Waals surface area contributed by atoms with Gasteiger partial charge in [0.25, 0.3) is 0 Å². The molecule has 15 atom stereocenters. The topological polar surface area (TPSA) is 297 Å². The molecule has 0 unspecified atom stereocenters. The number of carbonyl (C=O) groups excluding carboxylic acids is 1. The minimum Gasteiger partial charge on any atom is -0.394 e. The molecule has 0 spiro atoms. The standard InChI is InChI=1S/C25H48N6O10/c26-7-12-16(31-23(37)9-4-2-1-3-5-9)18(34)15(30)24(38-12)40-21-10(27)6-11(28)22(20(21)36)41-25-19(35)14(29)17(33)13(8-32)39-25/h9-22,24-25,32-36H,1-8,26-30H2,(H,31,37)/t10-,11+,12+,13+,14-,15+,16+,17+,18+,19+,20-,21+,22-,24+,25+/m0/s1. The lowest BCUT2D eigenvalue weighted by Crippen LogP contribution is -2.71. The maximum atomic E-state index is 12.9. The molecule has 2 saturated carbocycles. The first kappa shape index (κ1) is 32.8. The number of nitrogens with one attached hydrogen (secondary N) is 1. The first-order chi connectivity index (χ1) is 19.5. The molecule has 0 bridgehead atoms. The molecule has 16 heteroatoms. The van der Waals surface area contributed by atoms with E-state index < -0.39 is 98.2 Å². The zero-order valence-corrected chi connectivity index (χ0v) is 23.1. The third kappa shape index (κ3) is 7.02. The highest BCUT2D eigenvalue weighted by atomic mass is 16.7. The Hall–Kier alpha value is -1.09. The average molecular weight is 593 g/mol. The summed E-state index contributed by atoms with van der Waals surface area (Å²) in [4.78, 5) is 12.9. The van der Waals surface area contributed by atoms with E-state index in [2.05, 4.69) is 5.32 Å². The third-order valence-corrected chi connectivity index (χ3v) is 8.88. The number of hydrogen-bond acceptors (Lipinski definition) is 15. The van der Waals surface area contributed by atoms with Crippen LogP contribution in [0.5, 0.6) is 0 Å². The van der Waals surface area contributed by atoms with Crippen molar-refractivity contribution in [2.24, 2.45) is 34.6 Å². The fraction of sp³-hybridized carbons (Fsp3) is 0.960. The number of amides is 1. The van der Waals surface area contributed by atoms with Crippen molar-refractivity contribution in [2.45, 2.75) is 130 Å². The molecule has 2 aliphatic heterocycles. The van der Waals surface area contributed by atoms with Gasteiger partial charge in [-0.05, 0) is 19.3 Å². The minimum absolute atomic E-state index is 0.0514. The van der Waals surface area contributed by atoms with Gasteiger partial charge in [-0.15, -0.1) is 0 Å². The van der Waals surface area contributed by atoms with Gasteiger partial charge in [0, 0.05) is 24.5 Å². The summed E-state index contributed by atoms with van der Waals surface area (Å²) in [5, 5.41) is 55.3. The first-order valence-corrected chi connectivity index (χ1v) is 14.5. The zero-order valence-electron chi connectivity index (χ0n) is 23.1. The van der Waals surface area contributed by atoms with Crippen LogP contribution in [0.4, 0.5) is 0 Å². The van der Waals surface area contributed by atoms with E-state index in [1.807, 2.05) is 0 Å². The third-order valence-electron chi connectivity index (χ3n) is 8.88. The van der Waals surface area contributed by atoms with E-state index in [0.717, 1.165) is 32.1 Å². The molecule has 4 aliphatic rings. The van der Waals surface area contributed by atoms with Crippen molar-refractivity contribution in [3.8, 4) is 0 Å². The van der Waals surface area contributed by atoms with Crippen LogP contribution in [0.1, 0.15) is 38.5 Å². The number of aliphatic hydroxyl groups excluding tert-OH is 5. The molecule has 2 heterocycles. The Morgan fingerprint density at radius 1 is 0.780 bits per heavy atom. The van der Waals surface area contributed by atoms with E-state index in [1.54, 1.807) is 0 Å². The summed E-state index contributed by atoms with van der Waals surface area (Å²) in [6.07, 6.45) is -7.78. The van der Waals surface area contributed by atoms with Crippen molar-refractivity contribution in [3.05, 3.63) is 0 Å². The van der Waals surface area contributed by atoms with Gasteiger partial charge in [-0.2, -0.15) is 0 Å². The van der Waals surface area contributed by atoms with Crippen LogP contribution in [-0.4, -0.2) is 136 Å². The number of ether oxygens (including phenoxy) is 4. The minimum atomic E-state index is -1.49. The normalized spacial score (nSPS) is 48.1. The summed E-state index contributed by atoms with van der Waals surface area (Å²) in [7, 11) is 0. The molecule has 16 nitrogen and oxygen atoms in total. The number of rotatable bonds is 8. The zero-order chi connectivity index (χ0) is 30.0. The Labute approximate surface area is 238 Å². The van der Waals surface area contributed by atoms with E-state index in [9.17, 15) is 30.3 Å². The van der Waals surface area contributed by atoms with E-state index in [0.29, 0.717) is 0 Å². The molecular weight excluding hydrogens is 544 g/mol. The molecule has 16 N–H and O–H groups in total. The van der Waals surface area contributed by atoms with Crippen LogP contribution in [0, 0.1) is 5.92 Å². The molecule has 0 aromatic rings. The van der Waals surface area contributed by atoms with E-state index >= 15 is 0 Å². The van der Waals surface area contributed by atoms with E-state index in [-0.39, 0.29) is 24.8 Å². The van der Waals surface area contributed by atoms with Gasteiger partial charge in [-0.1, -0.05) is 19.3 Å². The molecule has 4 fully saturated rings. The van der Waals surface area contributed by atoms with Crippen molar-refractivity contribution in [1.29, 1.82) is 0 Å². The summed E-state index contributed by atoms with van der Waals surface area (Å²) in [5.41, 5.74) is 30.6. The second kappa shape index (κ2) is 14.1. The van der Waals surface area contributed by atoms with Crippen LogP contribution in [0.15, 0.2) is 0 Å². The van der Waals surface area contributed by atoms with Crippen LogP contribution in [0.3, 0.4) is 0 Å². The van der Waals surface area contributed by atoms with Gasteiger partial charge in [-0.3, -0.25) is 4.79 Å². The maximum Gasteiger partial charge on any atom is 0.223 e. The first-order valence-electron chi connectivity index (χ1n) is 14.5. The van der Waals surface area contributed by atoms with Gasteiger partial charge in [0.1, 0.15) is 36.6 Å². The molecule has 2 aliphatic carbocycles. The van der Waals surface area contributed by atoms with Crippen molar-refractivity contribution < 1.29 is 49.3 Å². The number of carbonyl (C=O) groups is 1. The summed E-state index contributed by atoms with van der Waals surface area (Å²) in [5.74, 6) is -0.322. The van der Waals surface area contributed by atoms with Gasteiger partial charge >= 0.3 is 0 Å². The van der Waals surface area contributed by atoms with E-state index in [4.69, 9.17) is 47.6 Å². The summed E-state index contributed by atoms with van der Waals surface area (Å²) < 4.78 is 23.3. The Morgan fingerprint density at radius 2 is 1.37 bits per heavy atom. The highest BCUT2D eigenvalue weighted by molar-refractivity contribution is 5.79. The van der Waals surface area contributed by atoms with Gasteiger partial charge in [-0.25, -0.2) is 0 Å². The molecular formula is C25H48N6O10. The Morgan fingerprint density at radius 3 is 1.95 bits per heavy atom. The van der Waals surface area contributed by atoms with Crippen LogP contribution in [0.25, 0.3) is 0 Å². The highest BCUT2D eigenvalue weighted by Crippen LogP contribution is 2.31. The molecule has 41 heavy (non-hydrogen) atoms. The Bertz CT molecular complexity index is 854. The van der Waals surface area contributed by atoms with Crippen LogP contribution >= 0.6 is 0 Å². The van der Waals surface area contributed by atoms with Crippen LogP contribution in [0.2, 0.25) is 0 Å². The molecule has 0 aromatic carbocycles. The maximum absolute atomic E-state index is 12.9. The van der Waals surface area contributed by atoms with E-state index in [1.165, 1.54) is 0 Å². The smallest absolute Gasteiger partial charge is 0.223 e. The predicted octanol–water partition coefficient (Wildman–Crippen LogP) is -5.62. The number of nitrogens with two attached hydrogens (primary N) is 5. The van der Waals surface area contributed by atoms with Crippen LogP contribution < -0.4 is 34.0 Å². The average Bonchev–Trinajstić information content (AvgIpc) is 2.96. The molecule has 0 radical (unpaired) electrons. The summed E-state index contributed by atoms with van der Waals surface area (Å²) in [6, 6.07) is -4.78. The molecule has 2 saturated heterocycles. The fourth-order valence-corrected chi connectivity index (χ4v) is 6.29. The number of aliphatic hydroxyl groups is 5. The van der Waals surface area contributed by atoms with Crippen LogP contribution in [-0.2, 0) is 23.7 Å². The largest absolute Gasteiger partial charge is 0.394 e. The highest BCUT2D eigenvalue weighted by Gasteiger charge is 2.51. The predicted molar refractivity (Wildman–Crippen MR) is 142 cm³/mol.